The van der Waals surface area contributed by atoms with E-state index >= 15 is 0 Å². The van der Waals surface area contributed by atoms with Crippen LogP contribution in [0.25, 0.3) is 0 Å². The van der Waals surface area contributed by atoms with E-state index in [4.69, 9.17) is 0 Å². The van der Waals surface area contributed by atoms with Gasteiger partial charge in [0.15, 0.2) is 0 Å². The number of hydrogen-bond acceptors (Lipinski definition) is 2. The van der Waals surface area contributed by atoms with Gasteiger partial charge in [-0.2, -0.15) is 5.10 Å². The SMILES string of the molecule is Cc1c(I)cnn1CCC(=O)N[C@@H](C)[C@@H]1C[C@@H]2CC[C@@H]1C2. The van der Waals surface area contributed by atoms with Crippen LogP contribution in [0.2, 0.25) is 0 Å². The van der Waals surface area contributed by atoms with Gasteiger partial charge in [-0.25, -0.2) is 0 Å². The molecule has 1 heterocycles. The van der Waals surface area contributed by atoms with Crippen molar-refractivity contribution in [3.63, 3.8) is 0 Å². The molecule has 4 atom stereocenters. The van der Waals surface area contributed by atoms with Gasteiger partial charge in [0.05, 0.1) is 9.77 Å². The van der Waals surface area contributed by atoms with Crippen LogP contribution in [0.15, 0.2) is 6.20 Å². The molecule has 116 valence electrons. The molecule has 0 saturated heterocycles. The first kappa shape index (κ1) is 15.3. The largest absolute Gasteiger partial charge is 0.353 e. The van der Waals surface area contributed by atoms with Gasteiger partial charge in [0, 0.05) is 24.7 Å². The molecule has 1 aromatic rings. The van der Waals surface area contributed by atoms with Crippen molar-refractivity contribution < 1.29 is 4.79 Å². The molecule has 2 aliphatic carbocycles. The summed E-state index contributed by atoms with van der Waals surface area (Å²) in [7, 11) is 0. The molecule has 2 fully saturated rings. The van der Waals surface area contributed by atoms with Crippen molar-refractivity contribution in [1.82, 2.24) is 15.1 Å². The molecule has 0 spiro atoms. The van der Waals surface area contributed by atoms with Crippen LogP contribution in [0.5, 0.6) is 0 Å². The van der Waals surface area contributed by atoms with Crippen molar-refractivity contribution in [3.05, 3.63) is 15.5 Å². The van der Waals surface area contributed by atoms with Gasteiger partial charge in [-0.05, 0) is 73.5 Å². The Hall–Kier alpha value is -0.590. The lowest BCUT2D eigenvalue weighted by molar-refractivity contribution is -0.122. The molecule has 5 heteroatoms. The van der Waals surface area contributed by atoms with Crippen molar-refractivity contribution >= 4 is 28.5 Å². The van der Waals surface area contributed by atoms with Gasteiger partial charge in [-0.1, -0.05) is 6.42 Å². The fraction of sp³-hybridized carbons (Fsp3) is 0.750. The number of aromatic nitrogens is 2. The number of amides is 1. The summed E-state index contributed by atoms with van der Waals surface area (Å²) in [6.45, 7) is 4.90. The molecule has 2 saturated carbocycles. The Bertz CT molecular complexity index is 528. The van der Waals surface area contributed by atoms with E-state index in [1.54, 1.807) is 0 Å². The predicted octanol–water partition coefficient (Wildman–Crippen LogP) is 3.13. The zero-order valence-corrected chi connectivity index (χ0v) is 15.0. The summed E-state index contributed by atoms with van der Waals surface area (Å²) >= 11 is 2.27. The summed E-state index contributed by atoms with van der Waals surface area (Å²) in [5.41, 5.74) is 1.14. The van der Waals surface area contributed by atoms with Crippen molar-refractivity contribution in [3.8, 4) is 0 Å². The number of aryl methyl sites for hydroxylation is 1. The number of carbonyl (C=O) groups is 1. The highest BCUT2D eigenvalue weighted by atomic mass is 127. The molecule has 1 amide bonds. The molecule has 4 nitrogen and oxygen atoms in total. The Labute approximate surface area is 140 Å². The van der Waals surface area contributed by atoms with Crippen molar-refractivity contribution in [1.29, 1.82) is 0 Å². The third-order valence-electron chi connectivity index (χ3n) is 5.42. The lowest BCUT2D eigenvalue weighted by Crippen LogP contribution is -2.40. The van der Waals surface area contributed by atoms with Crippen LogP contribution < -0.4 is 5.32 Å². The number of halogens is 1. The van der Waals surface area contributed by atoms with Gasteiger partial charge in [-0.3, -0.25) is 9.48 Å². The standard InChI is InChI=1S/C16H24IN3O/c1-10(14-8-12-3-4-13(14)7-12)19-16(21)5-6-20-11(2)15(17)9-18-20/h9-10,12-14H,3-8H2,1-2H3,(H,19,21)/t10-,12+,13+,14-/m0/s1. The summed E-state index contributed by atoms with van der Waals surface area (Å²) in [4.78, 5) is 12.2. The van der Waals surface area contributed by atoms with Gasteiger partial charge in [0.1, 0.15) is 0 Å². The van der Waals surface area contributed by atoms with Crippen LogP contribution in [0, 0.1) is 28.2 Å². The first-order chi connectivity index (χ1) is 10.0. The Morgan fingerprint density at radius 3 is 2.90 bits per heavy atom. The first-order valence-electron chi connectivity index (χ1n) is 8.02. The van der Waals surface area contributed by atoms with Gasteiger partial charge in [-0.15, -0.1) is 0 Å². The third-order valence-corrected chi connectivity index (χ3v) is 6.48. The molecule has 0 aliphatic heterocycles. The van der Waals surface area contributed by atoms with Gasteiger partial charge >= 0.3 is 0 Å². The molecule has 0 radical (unpaired) electrons. The maximum atomic E-state index is 12.2. The highest BCUT2D eigenvalue weighted by molar-refractivity contribution is 14.1. The Balaban J connectivity index is 1.47. The van der Waals surface area contributed by atoms with Crippen LogP contribution in [0.3, 0.4) is 0 Å². The lowest BCUT2D eigenvalue weighted by atomic mass is 9.84. The van der Waals surface area contributed by atoms with E-state index in [1.807, 2.05) is 17.8 Å². The zero-order chi connectivity index (χ0) is 15.0. The van der Waals surface area contributed by atoms with Crippen molar-refractivity contribution in [2.75, 3.05) is 0 Å². The van der Waals surface area contributed by atoms with Crippen molar-refractivity contribution in [2.45, 2.75) is 58.5 Å². The predicted molar refractivity (Wildman–Crippen MR) is 90.8 cm³/mol. The van der Waals surface area contributed by atoms with Crippen LogP contribution in [0.1, 0.15) is 44.7 Å². The Morgan fingerprint density at radius 2 is 2.33 bits per heavy atom. The molecule has 3 rings (SSSR count). The van der Waals surface area contributed by atoms with Crippen LogP contribution in [0.4, 0.5) is 0 Å². The smallest absolute Gasteiger partial charge is 0.222 e. The minimum absolute atomic E-state index is 0.162. The monoisotopic (exact) mass is 401 g/mol. The van der Waals surface area contributed by atoms with E-state index in [0.29, 0.717) is 24.9 Å². The van der Waals surface area contributed by atoms with E-state index in [-0.39, 0.29) is 5.91 Å². The minimum atomic E-state index is 0.162. The summed E-state index contributed by atoms with van der Waals surface area (Å²) in [6.07, 6.45) is 7.88. The number of nitrogens with zero attached hydrogens (tertiary/aromatic N) is 2. The summed E-state index contributed by atoms with van der Waals surface area (Å²) in [6, 6.07) is 0.326. The fourth-order valence-corrected chi connectivity index (χ4v) is 4.60. The number of rotatable bonds is 5. The second-order valence-corrected chi connectivity index (χ2v) is 7.91. The number of fused-ring (bicyclic) bond motifs is 2. The second kappa shape index (κ2) is 6.26. The first-order valence-corrected chi connectivity index (χ1v) is 9.09. The number of hydrogen-bond donors (Lipinski definition) is 1. The van der Waals surface area contributed by atoms with Gasteiger partial charge < -0.3 is 5.32 Å². The lowest BCUT2D eigenvalue weighted by Gasteiger charge is -2.28. The topological polar surface area (TPSA) is 46.9 Å². The summed E-state index contributed by atoms with van der Waals surface area (Å²) in [5.74, 6) is 2.67. The second-order valence-electron chi connectivity index (χ2n) is 6.75. The molecule has 0 aromatic carbocycles. The normalized spacial score (nSPS) is 28.8. The molecule has 2 bridgehead atoms. The van der Waals surface area contributed by atoms with Crippen molar-refractivity contribution in [2.24, 2.45) is 17.8 Å². The maximum absolute atomic E-state index is 12.2. The minimum Gasteiger partial charge on any atom is -0.353 e. The average molecular weight is 401 g/mol. The van der Waals surface area contributed by atoms with Gasteiger partial charge in [0.2, 0.25) is 5.91 Å². The Morgan fingerprint density at radius 1 is 1.52 bits per heavy atom. The molecule has 1 N–H and O–H groups in total. The van der Waals surface area contributed by atoms with E-state index in [2.05, 4.69) is 39.9 Å². The van der Waals surface area contributed by atoms with Crippen LogP contribution in [-0.4, -0.2) is 21.7 Å². The quantitative estimate of drug-likeness (QED) is 0.771. The maximum Gasteiger partial charge on any atom is 0.222 e. The van der Waals surface area contributed by atoms with E-state index in [0.717, 1.165) is 21.1 Å². The number of nitrogens with one attached hydrogen (secondary N) is 1. The zero-order valence-electron chi connectivity index (χ0n) is 12.8. The molecular formula is C16H24IN3O. The van der Waals surface area contributed by atoms with Crippen LogP contribution in [-0.2, 0) is 11.3 Å². The third kappa shape index (κ3) is 3.27. The summed E-state index contributed by atoms with van der Waals surface area (Å²) in [5, 5.41) is 7.53. The van der Waals surface area contributed by atoms with E-state index in [9.17, 15) is 4.79 Å². The average Bonchev–Trinajstić information content (AvgIpc) is 3.15. The summed E-state index contributed by atoms with van der Waals surface area (Å²) < 4.78 is 3.08. The fourth-order valence-electron chi connectivity index (χ4n) is 4.20. The Kier molecular flexibility index (Phi) is 4.57. The van der Waals surface area contributed by atoms with Crippen LogP contribution >= 0.6 is 22.6 Å². The molecule has 2 aliphatic rings. The van der Waals surface area contributed by atoms with E-state index in [1.165, 1.54) is 25.7 Å². The highest BCUT2D eigenvalue weighted by Crippen LogP contribution is 2.49. The highest BCUT2D eigenvalue weighted by Gasteiger charge is 2.42. The molecule has 1 aromatic heterocycles. The molecular weight excluding hydrogens is 377 g/mol. The van der Waals surface area contributed by atoms with Gasteiger partial charge in [0.25, 0.3) is 0 Å². The number of carbonyl (C=O) groups excluding carboxylic acids is 1. The molecule has 21 heavy (non-hydrogen) atoms. The molecule has 0 unspecified atom stereocenters. The van der Waals surface area contributed by atoms with E-state index < -0.39 is 0 Å².